The predicted octanol–water partition coefficient (Wildman–Crippen LogP) is 3.19. The minimum absolute atomic E-state index is 0.240. The van der Waals surface area contributed by atoms with Gasteiger partial charge in [0.2, 0.25) is 10.0 Å². The zero-order valence-corrected chi connectivity index (χ0v) is 18.2. The summed E-state index contributed by atoms with van der Waals surface area (Å²) in [6, 6.07) is 17.2. The Balaban J connectivity index is 1.25. The molecule has 3 aromatic rings. The molecule has 8 heteroatoms. The van der Waals surface area contributed by atoms with Gasteiger partial charge in [-0.15, -0.1) is 0 Å². The van der Waals surface area contributed by atoms with Crippen molar-refractivity contribution in [3.63, 3.8) is 0 Å². The zero-order chi connectivity index (χ0) is 21.4. The number of piperidine rings is 1. The Hall–Kier alpha value is -2.68. The van der Waals surface area contributed by atoms with Crippen LogP contribution in [0, 0.1) is 5.92 Å². The van der Waals surface area contributed by atoms with Crippen LogP contribution in [-0.4, -0.2) is 44.7 Å². The lowest BCUT2D eigenvalue weighted by Gasteiger charge is -2.38. The van der Waals surface area contributed by atoms with Crippen LogP contribution in [0.25, 0.3) is 10.9 Å². The molecular formula is C23H26N4O3S. The number of anilines is 1. The van der Waals surface area contributed by atoms with Gasteiger partial charge in [-0.2, -0.15) is 4.72 Å². The molecule has 0 radical (unpaired) electrons. The number of nitrogens with zero attached hydrogens (tertiary/aromatic N) is 2. The first-order valence-electron chi connectivity index (χ1n) is 10.6. The smallest absolute Gasteiger partial charge is 0.244 e. The summed E-state index contributed by atoms with van der Waals surface area (Å²) in [6.45, 7) is 2.57. The summed E-state index contributed by atoms with van der Waals surface area (Å²) < 4.78 is 33.5. The third-order valence-electron chi connectivity index (χ3n) is 6.22. The Labute approximate surface area is 182 Å². The number of methoxy groups -OCH3 is 1. The van der Waals surface area contributed by atoms with E-state index in [4.69, 9.17) is 9.72 Å². The lowest BCUT2D eigenvalue weighted by Crippen LogP contribution is -2.51. The molecule has 162 valence electrons. The highest BCUT2D eigenvalue weighted by molar-refractivity contribution is 7.89. The van der Waals surface area contributed by atoms with Gasteiger partial charge in [-0.05, 0) is 56.1 Å². The van der Waals surface area contributed by atoms with Gasteiger partial charge in [-0.3, -0.25) is 4.90 Å². The first-order valence-corrected chi connectivity index (χ1v) is 12.0. The van der Waals surface area contributed by atoms with E-state index < -0.39 is 10.0 Å². The second kappa shape index (κ2) is 8.11. The van der Waals surface area contributed by atoms with Crippen LogP contribution in [0.5, 0.6) is 5.75 Å². The normalized spacial score (nSPS) is 21.4. The van der Waals surface area contributed by atoms with Gasteiger partial charge in [-0.25, -0.2) is 13.4 Å². The number of para-hydroxylation sites is 2. The number of nitrogens with one attached hydrogen (secondary N) is 2. The lowest BCUT2D eigenvalue weighted by molar-refractivity contribution is 0.162. The standard InChI is InChI=1S/C23H26N4O3S/c1-30-20-7-4-5-16-9-10-18(24-22(16)20)15-27-13-11-17(12-14-27)23-25-19-6-2-3-8-21(19)31(28,29)26-23/h2-10,17,23,25-26H,11-15H2,1H3/t23-/m1/s1. The molecule has 31 heavy (non-hydrogen) atoms. The third-order valence-corrected chi connectivity index (χ3v) is 7.72. The minimum atomic E-state index is -3.48. The number of hydrogen-bond donors (Lipinski definition) is 2. The van der Waals surface area contributed by atoms with Crippen LogP contribution in [0.3, 0.4) is 0 Å². The molecule has 0 bridgehead atoms. The van der Waals surface area contributed by atoms with Crippen molar-refractivity contribution in [2.24, 2.45) is 5.92 Å². The average molecular weight is 439 g/mol. The van der Waals surface area contributed by atoms with Crippen molar-refractivity contribution in [1.82, 2.24) is 14.6 Å². The fourth-order valence-corrected chi connectivity index (χ4v) is 5.94. The summed E-state index contributed by atoms with van der Waals surface area (Å²) in [6.07, 6.45) is 1.56. The van der Waals surface area contributed by atoms with Gasteiger partial charge >= 0.3 is 0 Å². The van der Waals surface area contributed by atoms with Crippen molar-refractivity contribution >= 4 is 26.6 Å². The fourth-order valence-electron chi connectivity index (χ4n) is 4.55. The minimum Gasteiger partial charge on any atom is -0.494 e. The SMILES string of the molecule is COc1cccc2ccc(CN3CCC([C@@H]4Nc5ccccc5S(=O)(=O)N4)CC3)nc12. The number of sulfonamides is 1. The zero-order valence-electron chi connectivity index (χ0n) is 17.4. The van der Waals surface area contributed by atoms with Crippen LogP contribution < -0.4 is 14.8 Å². The van der Waals surface area contributed by atoms with E-state index in [9.17, 15) is 8.42 Å². The Bertz CT molecular complexity index is 1210. The average Bonchev–Trinajstić information content (AvgIpc) is 2.79. The summed E-state index contributed by atoms with van der Waals surface area (Å²) in [4.78, 5) is 7.52. The lowest BCUT2D eigenvalue weighted by atomic mass is 9.93. The maximum absolute atomic E-state index is 12.6. The maximum Gasteiger partial charge on any atom is 0.244 e. The van der Waals surface area contributed by atoms with Crippen LogP contribution in [0.15, 0.2) is 59.5 Å². The Morgan fingerprint density at radius 1 is 1.06 bits per heavy atom. The molecule has 0 saturated carbocycles. The summed E-state index contributed by atoms with van der Waals surface area (Å²) in [5.41, 5.74) is 2.58. The van der Waals surface area contributed by atoms with Crippen molar-refractivity contribution in [1.29, 1.82) is 0 Å². The summed E-state index contributed by atoms with van der Waals surface area (Å²) >= 11 is 0. The Kier molecular flexibility index (Phi) is 5.29. The van der Waals surface area contributed by atoms with Gasteiger partial charge in [0.05, 0.1) is 24.7 Å². The molecule has 1 fully saturated rings. The Morgan fingerprint density at radius 3 is 2.68 bits per heavy atom. The molecular weight excluding hydrogens is 412 g/mol. The molecule has 2 aliphatic heterocycles. The first kappa shape index (κ1) is 20.2. The van der Waals surface area contributed by atoms with Crippen molar-refractivity contribution < 1.29 is 13.2 Å². The molecule has 5 rings (SSSR count). The van der Waals surface area contributed by atoms with Crippen molar-refractivity contribution in [2.75, 3.05) is 25.5 Å². The fraction of sp³-hybridized carbons (Fsp3) is 0.348. The molecule has 1 atom stereocenters. The van der Waals surface area contributed by atoms with Crippen LogP contribution in [0.2, 0.25) is 0 Å². The molecule has 2 aliphatic rings. The molecule has 0 unspecified atom stereocenters. The van der Waals surface area contributed by atoms with Crippen molar-refractivity contribution in [2.45, 2.75) is 30.4 Å². The van der Waals surface area contributed by atoms with E-state index in [1.165, 1.54) is 0 Å². The molecule has 7 nitrogen and oxygen atoms in total. The monoisotopic (exact) mass is 438 g/mol. The Morgan fingerprint density at radius 2 is 1.87 bits per heavy atom. The first-order chi connectivity index (χ1) is 15.0. The van der Waals surface area contributed by atoms with E-state index >= 15 is 0 Å². The summed E-state index contributed by atoms with van der Waals surface area (Å²) in [7, 11) is -1.81. The number of benzene rings is 2. The van der Waals surface area contributed by atoms with Gasteiger partial charge in [-0.1, -0.05) is 30.3 Å². The highest BCUT2D eigenvalue weighted by atomic mass is 32.2. The largest absolute Gasteiger partial charge is 0.494 e. The number of pyridine rings is 1. The van der Waals surface area contributed by atoms with E-state index in [0.29, 0.717) is 10.6 Å². The van der Waals surface area contributed by atoms with Gasteiger partial charge in [0, 0.05) is 11.9 Å². The van der Waals surface area contributed by atoms with Gasteiger partial charge in [0.1, 0.15) is 16.2 Å². The van der Waals surface area contributed by atoms with Gasteiger partial charge in [0.25, 0.3) is 0 Å². The topological polar surface area (TPSA) is 83.6 Å². The van der Waals surface area contributed by atoms with E-state index in [2.05, 4.69) is 27.1 Å². The van der Waals surface area contributed by atoms with E-state index in [-0.39, 0.29) is 12.1 Å². The number of likely N-dealkylation sites (tertiary alicyclic amines) is 1. The van der Waals surface area contributed by atoms with Crippen LogP contribution in [-0.2, 0) is 16.6 Å². The number of ether oxygens (including phenoxy) is 1. The molecule has 0 aliphatic carbocycles. The van der Waals surface area contributed by atoms with Gasteiger partial charge in [0.15, 0.2) is 0 Å². The number of hydrogen-bond acceptors (Lipinski definition) is 6. The van der Waals surface area contributed by atoms with Crippen LogP contribution in [0.4, 0.5) is 5.69 Å². The van der Waals surface area contributed by atoms with E-state index in [1.54, 1.807) is 19.2 Å². The molecule has 0 spiro atoms. The van der Waals surface area contributed by atoms with Crippen LogP contribution in [0.1, 0.15) is 18.5 Å². The molecule has 1 aromatic heterocycles. The van der Waals surface area contributed by atoms with Gasteiger partial charge < -0.3 is 10.1 Å². The maximum atomic E-state index is 12.6. The summed E-state index contributed by atoms with van der Waals surface area (Å²) in [5.74, 6) is 1.03. The van der Waals surface area contributed by atoms with Crippen molar-refractivity contribution in [3.05, 3.63) is 60.3 Å². The molecule has 2 N–H and O–H groups in total. The highest BCUT2D eigenvalue weighted by Crippen LogP contribution is 2.31. The molecule has 1 saturated heterocycles. The number of rotatable bonds is 4. The molecule has 3 heterocycles. The summed E-state index contributed by atoms with van der Waals surface area (Å²) in [5, 5.41) is 4.45. The quantitative estimate of drug-likeness (QED) is 0.651. The second-order valence-electron chi connectivity index (χ2n) is 8.19. The second-order valence-corrected chi connectivity index (χ2v) is 9.87. The highest BCUT2D eigenvalue weighted by Gasteiger charge is 2.35. The van der Waals surface area contributed by atoms with E-state index in [1.807, 2.05) is 30.3 Å². The third kappa shape index (κ3) is 3.98. The molecule has 2 aromatic carbocycles. The van der Waals surface area contributed by atoms with E-state index in [0.717, 1.165) is 54.8 Å². The van der Waals surface area contributed by atoms with Crippen LogP contribution >= 0.6 is 0 Å². The van der Waals surface area contributed by atoms with Crippen molar-refractivity contribution in [3.8, 4) is 5.75 Å². The number of fused-ring (bicyclic) bond motifs is 2. The predicted molar refractivity (Wildman–Crippen MR) is 120 cm³/mol. The molecule has 0 amide bonds. The number of aromatic nitrogens is 1.